The second kappa shape index (κ2) is 8.59. The second-order valence-corrected chi connectivity index (χ2v) is 7.27. The molecule has 1 aliphatic heterocycles. The lowest BCUT2D eigenvalue weighted by Crippen LogP contribution is -2.20. The van der Waals surface area contributed by atoms with Crippen LogP contribution in [0, 0.1) is 5.92 Å². The number of rotatable bonds is 5. The molecule has 0 N–H and O–H groups in total. The molecule has 5 heteroatoms. The van der Waals surface area contributed by atoms with Gasteiger partial charge in [-0.1, -0.05) is 24.1 Å². The molecular formula is C22H28O5. The van der Waals surface area contributed by atoms with E-state index in [0.717, 1.165) is 44.1 Å². The molecule has 0 amide bonds. The van der Waals surface area contributed by atoms with Crippen LogP contribution < -0.4 is 0 Å². The molecule has 0 spiro atoms. The Morgan fingerprint density at radius 3 is 2.81 bits per heavy atom. The summed E-state index contributed by atoms with van der Waals surface area (Å²) in [4.78, 5) is 24.4. The molecule has 2 aliphatic carbocycles. The molecule has 0 saturated heterocycles. The lowest BCUT2D eigenvalue weighted by atomic mass is 9.83. The molecule has 2 unspecified atom stereocenters. The van der Waals surface area contributed by atoms with E-state index in [2.05, 4.69) is 12.2 Å². The predicted molar refractivity (Wildman–Crippen MR) is 101 cm³/mol. The average Bonchev–Trinajstić information content (AvgIpc) is 2.83. The standard InChI is InChI=1S/C22H28O5/c1-4-25-21(24)19(13-26-22-15(3)14(2)20(23)27-22)18-12-8-6-10-16-9-5-7-11-17(16)18/h7,11,13,18,22H,4-6,8-10,12H2,1-3H3/b19-13+. The van der Waals surface area contributed by atoms with E-state index in [1.165, 1.54) is 17.4 Å². The van der Waals surface area contributed by atoms with Crippen molar-refractivity contribution in [3.63, 3.8) is 0 Å². The Hall–Kier alpha value is -2.30. The minimum Gasteiger partial charge on any atom is -0.463 e. The third-order valence-corrected chi connectivity index (χ3v) is 5.59. The number of allylic oxidation sites excluding steroid dienone is 4. The largest absolute Gasteiger partial charge is 0.463 e. The first kappa shape index (κ1) is 19.5. The maximum absolute atomic E-state index is 12.7. The first-order chi connectivity index (χ1) is 13.0. The highest BCUT2D eigenvalue weighted by Crippen LogP contribution is 2.39. The van der Waals surface area contributed by atoms with Crippen molar-refractivity contribution in [1.29, 1.82) is 0 Å². The molecule has 0 aromatic carbocycles. The van der Waals surface area contributed by atoms with Gasteiger partial charge in [0.15, 0.2) is 0 Å². The molecular weight excluding hydrogens is 344 g/mol. The Balaban J connectivity index is 1.90. The Morgan fingerprint density at radius 1 is 1.30 bits per heavy atom. The van der Waals surface area contributed by atoms with Crippen molar-refractivity contribution in [1.82, 2.24) is 0 Å². The first-order valence-corrected chi connectivity index (χ1v) is 9.82. The van der Waals surface area contributed by atoms with Crippen LogP contribution in [0.25, 0.3) is 0 Å². The highest BCUT2D eigenvalue weighted by atomic mass is 16.7. The quantitative estimate of drug-likeness (QED) is 0.404. The van der Waals surface area contributed by atoms with Gasteiger partial charge in [0.2, 0.25) is 0 Å². The lowest BCUT2D eigenvalue weighted by Gasteiger charge is -2.24. The molecule has 146 valence electrons. The van der Waals surface area contributed by atoms with Crippen molar-refractivity contribution in [3.05, 3.63) is 46.3 Å². The van der Waals surface area contributed by atoms with Crippen LogP contribution in [0.3, 0.4) is 0 Å². The van der Waals surface area contributed by atoms with Gasteiger partial charge in [0.1, 0.15) is 0 Å². The van der Waals surface area contributed by atoms with Crippen LogP contribution in [0.4, 0.5) is 0 Å². The van der Waals surface area contributed by atoms with Gasteiger partial charge in [-0.2, -0.15) is 0 Å². The zero-order valence-electron chi connectivity index (χ0n) is 16.4. The number of hydrogen-bond donors (Lipinski definition) is 0. The molecule has 1 heterocycles. The molecule has 27 heavy (non-hydrogen) atoms. The molecule has 3 rings (SSSR count). The number of esters is 2. The van der Waals surface area contributed by atoms with Crippen LogP contribution in [0.2, 0.25) is 0 Å². The van der Waals surface area contributed by atoms with E-state index in [4.69, 9.17) is 14.2 Å². The summed E-state index contributed by atoms with van der Waals surface area (Å²) in [6.45, 7) is 5.62. The lowest BCUT2D eigenvalue weighted by molar-refractivity contribution is -0.153. The highest BCUT2D eigenvalue weighted by Gasteiger charge is 2.32. The maximum atomic E-state index is 12.7. The monoisotopic (exact) mass is 372 g/mol. The number of hydrogen-bond acceptors (Lipinski definition) is 5. The van der Waals surface area contributed by atoms with E-state index >= 15 is 0 Å². The van der Waals surface area contributed by atoms with Crippen LogP contribution in [-0.4, -0.2) is 24.8 Å². The van der Waals surface area contributed by atoms with Crippen molar-refractivity contribution in [2.75, 3.05) is 6.61 Å². The Bertz CT molecular complexity index is 738. The highest BCUT2D eigenvalue weighted by molar-refractivity contribution is 5.91. The smallest absolute Gasteiger partial charge is 0.337 e. The topological polar surface area (TPSA) is 61.8 Å². The fourth-order valence-corrected chi connectivity index (χ4v) is 3.89. The van der Waals surface area contributed by atoms with Crippen LogP contribution in [0.1, 0.15) is 59.3 Å². The normalized spacial score (nSPS) is 25.9. The molecule has 0 bridgehead atoms. The summed E-state index contributed by atoms with van der Waals surface area (Å²) >= 11 is 0. The summed E-state index contributed by atoms with van der Waals surface area (Å²) in [5, 5.41) is 0. The van der Waals surface area contributed by atoms with Crippen molar-refractivity contribution in [2.45, 2.75) is 65.6 Å². The Morgan fingerprint density at radius 2 is 2.11 bits per heavy atom. The molecule has 0 saturated carbocycles. The molecule has 0 aromatic heterocycles. The molecule has 5 nitrogen and oxygen atoms in total. The fraction of sp³-hybridized carbons (Fsp3) is 0.545. The van der Waals surface area contributed by atoms with Gasteiger partial charge < -0.3 is 14.2 Å². The van der Waals surface area contributed by atoms with Gasteiger partial charge in [-0.05, 0) is 58.4 Å². The molecule has 0 radical (unpaired) electrons. The number of ether oxygens (including phenoxy) is 3. The van der Waals surface area contributed by atoms with E-state index in [-0.39, 0.29) is 17.9 Å². The van der Waals surface area contributed by atoms with Gasteiger partial charge in [0, 0.05) is 17.1 Å². The van der Waals surface area contributed by atoms with Gasteiger partial charge in [-0.15, -0.1) is 0 Å². The third kappa shape index (κ3) is 4.18. The number of carbonyl (C=O) groups is 2. The third-order valence-electron chi connectivity index (χ3n) is 5.59. The SMILES string of the molecule is CCOC(=O)/C(=C/OC1OC(=O)C(C)=C1C)C1CCCCC2=C1C=CCC2. The van der Waals surface area contributed by atoms with Gasteiger partial charge >= 0.3 is 11.9 Å². The zero-order chi connectivity index (χ0) is 19.4. The van der Waals surface area contributed by atoms with Gasteiger partial charge in [0.25, 0.3) is 6.29 Å². The van der Waals surface area contributed by atoms with E-state index in [1.54, 1.807) is 20.8 Å². The van der Waals surface area contributed by atoms with E-state index in [1.807, 2.05) is 0 Å². The van der Waals surface area contributed by atoms with E-state index in [9.17, 15) is 9.59 Å². The minimum absolute atomic E-state index is 0.0411. The summed E-state index contributed by atoms with van der Waals surface area (Å²) in [5.74, 6) is -0.781. The molecule has 2 atom stereocenters. The van der Waals surface area contributed by atoms with Crippen LogP contribution >= 0.6 is 0 Å². The molecule has 0 fully saturated rings. The Labute approximate surface area is 160 Å². The summed E-state index contributed by atoms with van der Waals surface area (Å²) in [7, 11) is 0. The van der Waals surface area contributed by atoms with Crippen molar-refractivity contribution >= 4 is 11.9 Å². The molecule has 3 aliphatic rings. The zero-order valence-corrected chi connectivity index (χ0v) is 16.4. The van der Waals surface area contributed by atoms with Crippen LogP contribution in [0.5, 0.6) is 0 Å². The Kier molecular flexibility index (Phi) is 6.19. The summed E-state index contributed by atoms with van der Waals surface area (Å²) in [6.07, 6.45) is 11.3. The van der Waals surface area contributed by atoms with Crippen molar-refractivity contribution in [2.24, 2.45) is 5.92 Å². The molecule has 0 aromatic rings. The van der Waals surface area contributed by atoms with Crippen LogP contribution in [0.15, 0.2) is 46.3 Å². The first-order valence-electron chi connectivity index (χ1n) is 9.82. The van der Waals surface area contributed by atoms with Crippen LogP contribution in [-0.2, 0) is 23.8 Å². The van der Waals surface area contributed by atoms with Crippen molar-refractivity contribution < 1.29 is 23.8 Å². The average molecular weight is 372 g/mol. The maximum Gasteiger partial charge on any atom is 0.337 e. The summed E-state index contributed by atoms with van der Waals surface area (Å²) in [5.41, 5.74) is 4.47. The number of carbonyl (C=O) groups excluding carboxylic acids is 2. The van der Waals surface area contributed by atoms with E-state index in [0.29, 0.717) is 17.8 Å². The van der Waals surface area contributed by atoms with Gasteiger partial charge in [-0.25, -0.2) is 9.59 Å². The predicted octanol–water partition coefficient (Wildman–Crippen LogP) is 4.51. The number of cyclic esters (lactones) is 1. The minimum atomic E-state index is -0.775. The van der Waals surface area contributed by atoms with Gasteiger partial charge in [-0.3, -0.25) is 0 Å². The fourth-order valence-electron chi connectivity index (χ4n) is 3.89. The van der Waals surface area contributed by atoms with E-state index < -0.39 is 6.29 Å². The van der Waals surface area contributed by atoms with Crippen molar-refractivity contribution in [3.8, 4) is 0 Å². The van der Waals surface area contributed by atoms with Gasteiger partial charge in [0.05, 0.1) is 18.4 Å². The summed E-state index contributed by atoms with van der Waals surface area (Å²) in [6, 6.07) is 0. The second-order valence-electron chi connectivity index (χ2n) is 7.27. The summed E-state index contributed by atoms with van der Waals surface area (Å²) < 4.78 is 16.3.